The van der Waals surface area contributed by atoms with E-state index in [0.29, 0.717) is 66.7 Å². The van der Waals surface area contributed by atoms with Gasteiger partial charge < -0.3 is 23.8 Å². The second-order valence-corrected chi connectivity index (χ2v) is 9.15. The van der Waals surface area contributed by atoms with Crippen LogP contribution in [0.15, 0.2) is 47.1 Å². The lowest BCUT2D eigenvalue weighted by molar-refractivity contribution is 0.0740. The van der Waals surface area contributed by atoms with Crippen molar-refractivity contribution in [3.63, 3.8) is 0 Å². The van der Waals surface area contributed by atoms with Crippen LogP contribution in [0.3, 0.4) is 0 Å². The van der Waals surface area contributed by atoms with E-state index in [1.54, 1.807) is 26.5 Å². The summed E-state index contributed by atoms with van der Waals surface area (Å²) in [4.78, 5) is 26.2. The van der Waals surface area contributed by atoms with Gasteiger partial charge in [0.15, 0.2) is 0 Å². The summed E-state index contributed by atoms with van der Waals surface area (Å²) in [5.74, 6) is 3.81. The first-order valence-corrected chi connectivity index (χ1v) is 12.2. The molecule has 11 heteroatoms. The Balaban J connectivity index is 1.09. The quantitative estimate of drug-likeness (QED) is 0.406. The number of amides is 1. The average Bonchev–Trinajstić information content (AvgIpc) is 3.47. The maximum atomic E-state index is 13.2. The molecular formula is C26H27N7O4. The molecule has 190 valence electrons. The maximum Gasteiger partial charge on any atom is 0.272 e. The maximum absolute atomic E-state index is 13.2. The predicted octanol–water partition coefficient (Wildman–Crippen LogP) is 3.38. The summed E-state index contributed by atoms with van der Waals surface area (Å²) in [7, 11) is 3.20. The number of H-pyrrole nitrogens is 1. The van der Waals surface area contributed by atoms with Gasteiger partial charge in [-0.2, -0.15) is 10.1 Å². The van der Waals surface area contributed by atoms with Gasteiger partial charge in [0.2, 0.25) is 11.7 Å². The van der Waals surface area contributed by atoms with Crippen molar-refractivity contribution >= 4 is 11.7 Å². The van der Waals surface area contributed by atoms with Gasteiger partial charge in [0, 0.05) is 49.4 Å². The van der Waals surface area contributed by atoms with Gasteiger partial charge in [0.25, 0.3) is 5.91 Å². The molecule has 6 rings (SSSR count). The highest BCUT2D eigenvalue weighted by Crippen LogP contribution is 2.39. The van der Waals surface area contributed by atoms with Gasteiger partial charge in [-0.3, -0.25) is 9.89 Å². The molecule has 1 aliphatic heterocycles. The number of carbonyl (C=O) groups is 1. The monoisotopic (exact) mass is 501 g/mol. The van der Waals surface area contributed by atoms with Gasteiger partial charge in [-0.1, -0.05) is 5.16 Å². The van der Waals surface area contributed by atoms with E-state index in [2.05, 4.69) is 30.2 Å². The lowest BCUT2D eigenvalue weighted by Gasteiger charge is -2.35. The highest BCUT2D eigenvalue weighted by molar-refractivity contribution is 5.93. The molecule has 0 radical (unpaired) electrons. The number of nitrogens with zero attached hydrogens (tertiary/aromatic N) is 6. The van der Waals surface area contributed by atoms with Crippen LogP contribution in [0.2, 0.25) is 0 Å². The number of ether oxygens (including phenoxy) is 2. The van der Waals surface area contributed by atoms with E-state index in [9.17, 15) is 4.79 Å². The van der Waals surface area contributed by atoms with Crippen LogP contribution in [0.25, 0.3) is 22.6 Å². The zero-order chi connectivity index (χ0) is 25.4. The Morgan fingerprint density at radius 2 is 1.89 bits per heavy atom. The highest BCUT2D eigenvalue weighted by atomic mass is 16.5. The van der Waals surface area contributed by atoms with E-state index in [1.807, 2.05) is 35.2 Å². The molecule has 4 aromatic rings. The van der Waals surface area contributed by atoms with E-state index in [4.69, 9.17) is 14.0 Å². The second-order valence-electron chi connectivity index (χ2n) is 9.15. The number of pyridine rings is 1. The van der Waals surface area contributed by atoms with E-state index in [0.717, 1.165) is 29.8 Å². The van der Waals surface area contributed by atoms with Crippen LogP contribution in [-0.4, -0.2) is 76.5 Å². The first-order chi connectivity index (χ1) is 18.1. The number of methoxy groups -OCH3 is 2. The van der Waals surface area contributed by atoms with Gasteiger partial charge in [0.1, 0.15) is 23.0 Å². The normalized spacial score (nSPS) is 15.6. The van der Waals surface area contributed by atoms with Gasteiger partial charge in [-0.05, 0) is 49.2 Å². The topological polar surface area (TPSA) is 123 Å². The van der Waals surface area contributed by atoms with Gasteiger partial charge in [-0.25, -0.2) is 4.98 Å². The molecule has 2 aliphatic rings. The molecule has 2 fully saturated rings. The number of aromatic nitrogens is 5. The fourth-order valence-electron chi connectivity index (χ4n) is 4.45. The molecule has 0 unspecified atom stereocenters. The van der Waals surface area contributed by atoms with Crippen molar-refractivity contribution in [3.05, 3.63) is 54.2 Å². The van der Waals surface area contributed by atoms with Crippen molar-refractivity contribution in [2.24, 2.45) is 0 Å². The Morgan fingerprint density at radius 1 is 1.05 bits per heavy atom. The number of piperazine rings is 1. The standard InChI is InChI=1S/C26H27N7O4/c1-35-18-6-7-22(36-2)19(13-18)20-14-21(30-29-20)26(34)33-11-9-32(10-12-33)23-8-5-17(15-27-23)24-28-25(37-31-24)16-3-4-16/h5-8,13-16H,3-4,9-12H2,1-2H3,(H,29,30). The minimum absolute atomic E-state index is 0.0906. The van der Waals surface area contributed by atoms with Crippen LogP contribution >= 0.6 is 0 Å². The predicted molar refractivity (Wildman–Crippen MR) is 135 cm³/mol. The Kier molecular flexibility index (Phi) is 5.95. The zero-order valence-electron chi connectivity index (χ0n) is 20.7. The summed E-state index contributed by atoms with van der Waals surface area (Å²) < 4.78 is 16.1. The van der Waals surface area contributed by atoms with Crippen LogP contribution in [0, 0.1) is 0 Å². The van der Waals surface area contributed by atoms with E-state index < -0.39 is 0 Å². The Hall–Kier alpha value is -4.41. The van der Waals surface area contributed by atoms with Crippen LogP contribution in [0.4, 0.5) is 5.82 Å². The number of rotatable bonds is 7. The van der Waals surface area contributed by atoms with E-state index in [-0.39, 0.29) is 5.91 Å². The van der Waals surface area contributed by atoms with Gasteiger partial charge in [-0.15, -0.1) is 0 Å². The Morgan fingerprint density at radius 3 is 2.59 bits per heavy atom. The molecule has 1 amide bonds. The number of aromatic amines is 1. The molecule has 1 saturated heterocycles. The first kappa shape index (κ1) is 23.0. The third-order valence-electron chi connectivity index (χ3n) is 6.76. The van der Waals surface area contributed by atoms with Gasteiger partial charge in [0.05, 0.1) is 19.9 Å². The second kappa shape index (κ2) is 9.57. The summed E-state index contributed by atoms with van der Waals surface area (Å²) in [6.07, 6.45) is 4.01. The largest absolute Gasteiger partial charge is 0.497 e. The third kappa shape index (κ3) is 4.59. The van der Waals surface area contributed by atoms with Crippen molar-refractivity contribution in [2.45, 2.75) is 18.8 Å². The smallest absolute Gasteiger partial charge is 0.272 e. The number of benzene rings is 1. The summed E-state index contributed by atoms with van der Waals surface area (Å²) >= 11 is 0. The third-order valence-corrected chi connectivity index (χ3v) is 6.76. The molecule has 0 bridgehead atoms. The molecule has 3 aromatic heterocycles. The summed E-state index contributed by atoms with van der Waals surface area (Å²) in [6, 6.07) is 11.1. The molecule has 4 heterocycles. The molecule has 1 saturated carbocycles. The fraction of sp³-hybridized carbons (Fsp3) is 0.346. The Labute approximate surface area is 213 Å². The lowest BCUT2D eigenvalue weighted by atomic mass is 10.1. The van der Waals surface area contributed by atoms with Crippen LogP contribution < -0.4 is 14.4 Å². The SMILES string of the molecule is COc1ccc(OC)c(-c2cc(C(=O)N3CCN(c4ccc(-c5noc(C6CC6)n5)cn4)CC3)[nH]n2)c1. The molecule has 1 aromatic carbocycles. The number of anilines is 1. The first-order valence-electron chi connectivity index (χ1n) is 12.2. The summed E-state index contributed by atoms with van der Waals surface area (Å²) in [5.41, 5.74) is 2.63. The van der Waals surface area contributed by atoms with Crippen molar-refractivity contribution in [1.29, 1.82) is 0 Å². The fourth-order valence-corrected chi connectivity index (χ4v) is 4.45. The van der Waals surface area contributed by atoms with Crippen molar-refractivity contribution < 1.29 is 18.8 Å². The van der Waals surface area contributed by atoms with Crippen molar-refractivity contribution in [3.8, 4) is 34.1 Å². The minimum atomic E-state index is -0.0906. The number of nitrogens with one attached hydrogen (secondary N) is 1. The molecular weight excluding hydrogens is 474 g/mol. The Bertz CT molecular complexity index is 1400. The molecule has 1 N–H and O–H groups in total. The molecule has 1 aliphatic carbocycles. The molecule has 0 spiro atoms. The molecule has 11 nitrogen and oxygen atoms in total. The van der Waals surface area contributed by atoms with Gasteiger partial charge >= 0.3 is 0 Å². The number of hydrogen-bond acceptors (Lipinski definition) is 9. The average molecular weight is 502 g/mol. The van der Waals surface area contributed by atoms with E-state index in [1.165, 1.54) is 0 Å². The molecule has 37 heavy (non-hydrogen) atoms. The molecule has 0 atom stereocenters. The summed E-state index contributed by atoms with van der Waals surface area (Å²) in [5, 5.41) is 11.3. The van der Waals surface area contributed by atoms with Crippen molar-refractivity contribution in [1.82, 2.24) is 30.2 Å². The highest BCUT2D eigenvalue weighted by Gasteiger charge is 2.30. The minimum Gasteiger partial charge on any atom is -0.497 e. The number of hydrogen-bond donors (Lipinski definition) is 1. The van der Waals surface area contributed by atoms with E-state index >= 15 is 0 Å². The van der Waals surface area contributed by atoms with Crippen LogP contribution in [0.1, 0.15) is 35.1 Å². The zero-order valence-corrected chi connectivity index (χ0v) is 20.7. The number of carbonyl (C=O) groups excluding carboxylic acids is 1. The van der Waals surface area contributed by atoms with Crippen molar-refractivity contribution in [2.75, 3.05) is 45.3 Å². The van der Waals surface area contributed by atoms with Crippen LogP contribution in [0.5, 0.6) is 11.5 Å². The summed E-state index contributed by atoms with van der Waals surface area (Å²) in [6.45, 7) is 2.51. The van der Waals surface area contributed by atoms with Crippen LogP contribution in [-0.2, 0) is 0 Å². The lowest BCUT2D eigenvalue weighted by Crippen LogP contribution is -2.49.